The van der Waals surface area contributed by atoms with Gasteiger partial charge in [0.2, 0.25) is 0 Å². The van der Waals surface area contributed by atoms with E-state index in [1.165, 1.54) is 0 Å². The van der Waals surface area contributed by atoms with Crippen LogP contribution in [0.15, 0.2) is 54.6 Å². The van der Waals surface area contributed by atoms with Crippen LogP contribution < -0.4 is 10.1 Å². The number of nitrogens with one attached hydrogen (secondary N) is 1. The maximum absolute atomic E-state index is 12.2. The van der Waals surface area contributed by atoms with Crippen molar-refractivity contribution in [2.45, 2.75) is 25.3 Å². The molecule has 0 saturated heterocycles. The summed E-state index contributed by atoms with van der Waals surface area (Å²) in [7, 11) is 0. The van der Waals surface area contributed by atoms with E-state index in [0.29, 0.717) is 18.6 Å². The molecular formula is C20H21NO4. The van der Waals surface area contributed by atoms with Crippen LogP contribution in [-0.2, 0) is 9.59 Å². The van der Waals surface area contributed by atoms with E-state index in [-0.39, 0.29) is 18.6 Å². The summed E-state index contributed by atoms with van der Waals surface area (Å²) in [5.41, 5.74) is 1.93. The summed E-state index contributed by atoms with van der Waals surface area (Å²) in [6.07, 6.45) is 2.13. The summed E-state index contributed by atoms with van der Waals surface area (Å²) in [6, 6.07) is 17.1. The van der Waals surface area contributed by atoms with Crippen LogP contribution in [-0.4, -0.2) is 29.6 Å². The zero-order chi connectivity index (χ0) is 17.6. The largest absolute Gasteiger partial charge is 0.483 e. The molecule has 130 valence electrons. The fourth-order valence-corrected chi connectivity index (χ4v) is 3.27. The van der Waals surface area contributed by atoms with Crippen LogP contribution in [0.1, 0.15) is 19.3 Å². The average molecular weight is 339 g/mol. The van der Waals surface area contributed by atoms with Crippen LogP contribution in [0.25, 0.3) is 11.1 Å². The lowest BCUT2D eigenvalue weighted by atomic mass is 10.0. The highest BCUT2D eigenvalue weighted by Gasteiger charge is 2.33. The van der Waals surface area contributed by atoms with E-state index in [1.54, 1.807) is 0 Å². The number of rotatable bonds is 6. The van der Waals surface area contributed by atoms with Gasteiger partial charge in [-0.15, -0.1) is 0 Å². The van der Waals surface area contributed by atoms with E-state index in [0.717, 1.165) is 17.5 Å². The molecule has 0 spiro atoms. The monoisotopic (exact) mass is 339 g/mol. The third kappa shape index (κ3) is 4.18. The summed E-state index contributed by atoms with van der Waals surface area (Å²) in [5, 5.41) is 12.0. The molecule has 0 aliphatic heterocycles. The Balaban J connectivity index is 1.62. The van der Waals surface area contributed by atoms with Gasteiger partial charge in [0.05, 0.1) is 5.92 Å². The van der Waals surface area contributed by atoms with Crippen molar-refractivity contribution in [3.63, 3.8) is 0 Å². The van der Waals surface area contributed by atoms with Crippen molar-refractivity contribution in [3.8, 4) is 16.9 Å². The molecule has 1 fully saturated rings. The fraction of sp³-hybridized carbons (Fsp3) is 0.300. The normalized spacial score (nSPS) is 19.4. The molecule has 0 bridgehead atoms. The molecule has 0 heterocycles. The van der Waals surface area contributed by atoms with Gasteiger partial charge in [0.15, 0.2) is 6.61 Å². The summed E-state index contributed by atoms with van der Waals surface area (Å²) in [6.45, 7) is -0.132. The van der Waals surface area contributed by atoms with E-state index in [2.05, 4.69) is 5.32 Å². The summed E-state index contributed by atoms with van der Waals surface area (Å²) >= 11 is 0. The molecule has 1 aliphatic rings. The minimum atomic E-state index is -0.849. The molecule has 25 heavy (non-hydrogen) atoms. The van der Waals surface area contributed by atoms with Crippen molar-refractivity contribution in [2.24, 2.45) is 5.92 Å². The molecule has 3 rings (SSSR count). The minimum absolute atomic E-state index is 0.132. The van der Waals surface area contributed by atoms with Crippen LogP contribution >= 0.6 is 0 Å². The Morgan fingerprint density at radius 1 is 1.04 bits per heavy atom. The van der Waals surface area contributed by atoms with Crippen LogP contribution in [0.5, 0.6) is 5.75 Å². The Labute approximate surface area is 146 Å². The molecule has 5 heteroatoms. The van der Waals surface area contributed by atoms with Gasteiger partial charge in [-0.1, -0.05) is 55.0 Å². The lowest BCUT2D eigenvalue weighted by Gasteiger charge is -2.18. The molecule has 2 aromatic carbocycles. The van der Waals surface area contributed by atoms with Gasteiger partial charge in [-0.3, -0.25) is 9.59 Å². The second-order valence-corrected chi connectivity index (χ2v) is 6.20. The van der Waals surface area contributed by atoms with Gasteiger partial charge in [-0.05, 0) is 24.5 Å². The lowest BCUT2D eigenvalue weighted by Crippen LogP contribution is -2.42. The molecule has 2 aromatic rings. The molecule has 5 nitrogen and oxygen atoms in total. The van der Waals surface area contributed by atoms with Gasteiger partial charge in [0.25, 0.3) is 5.91 Å². The Hall–Kier alpha value is -2.82. The highest BCUT2D eigenvalue weighted by Crippen LogP contribution is 2.29. The molecule has 2 atom stereocenters. The van der Waals surface area contributed by atoms with E-state index < -0.39 is 11.9 Å². The number of carboxylic acid groups (broad SMARTS) is 1. The number of carbonyl (C=O) groups is 2. The predicted molar refractivity (Wildman–Crippen MR) is 94.3 cm³/mol. The van der Waals surface area contributed by atoms with Crippen LogP contribution in [0, 0.1) is 5.92 Å². The number of benzene rings is 2. The first kappa shape index (κ1) is 17.0. The van der Waals surface area contributed by atoms with Crippen molar-refractivity contribution in [1.82, 2.24) is 5.32 Å². The molecule has 0 radical (unpaired) electrons. The maximum atomic E-state index is 12.2. The Kier molecular flexibility index (Phi) is 5.33. The van der Waals surface area contributed by atoms with E-state index in [9.17, 15) is 14.7 Å². The number of para-hydroxylation sites is 1. The summed E-state index contributed by atoms with van der Waals surface area (Å²) < 4.78 is 5.70. The van der Waals surface area contributed by atoms with Gasteiger partial charge in [-0.2, -0.15) is 0 Å². The van der Waals surface area contributed by atoms with Gasteiger partial charge in [0.1, 0.15) is 5.75 Å². The van der Waals surface area contributed by atoms with Gasteiger partial charge in [0, 0.05) is 11.6 Å². The number of carbonyl (C=O) groups excluding carboxylic acids is 1. The Morgan fingerprint density at radius 2 is 1.76 bits per heavy atom. The predicted octanol–water partition coefficient (Wildman–Crippen LogP) is 3.10. The topological polar surface area (TPSA) is 75.6 Å². The smallest absolute Gasteiger partial charge is 0.308 e. The third-order valence-corrected chi connectivity index (χ3v) is 4.51. The number of amides is 1. The van der Waals surface area contributed by atoms with Crippen molar-refractivity contribution >= 4 is 11.9 Å². The van der Waals surface area contributed by atoms with Crippen molar-refractivity contribution in [1.29, 1.82) is 0 Å². The standard InChI is InChI=1S/C20H21NO4/c22-19(21-17-11-6-10-16(17)20(23)24)13-25-18-12-5-4-9-15(18)14-7-2-1-3-8-14/h1-5,7-9,12,16-17H,6,10-11,13H2,(H,21,22)(H,23,24)/t16-,17+/m1/s1. The Bertz CT molecular complexity index is 744. The van der Waals surface area contributed by atoms with Crippen molar-refractivity contribution in [2.75, 3.05) is 6.61 Å². The van der Waals surface area contributed by atoms with E-state index in [4.69, 9.17) is 4.74 Å². The van der Waals surface area contributed by atoms with Gasteiger partial charge in [-0.25, -0.2) is 0 Å². The van der Waals surface area contributed by atoms with E-state index >= 15 is 0 Å². The third-order valence-electron chi connectivity index (χ3n) is 4.51. The highest BCUT2D eigenvalue weighted by molar-refractivity contribution is 5.80. The zero-order valence-electron chi connectivity index (χ0n) is 13.9. The number of ether oxygens (including phenoxy) is 1. The Morgan fingerprint density at radius 3 is 2.52 bits per heavy atom. The quantitative estimate of drug-likeness (QED) is 0.848. The average Bonchev–Trinajstić information content (AvgIpc) is 3.09. The second-order valence-electron chi connectivity index (χ2n) is 6.20. The first-order chi connectivity index (χ1) is 12.1. The second kappa shape index (κ2) is 7.83. The van der Waals surface area contributed by atoms with Crippen molar-refractivity contribution in [3.05, 3.63) is 54.6 Å². The molecule has 1 amide bonds. The highest BCUT2D eigenvalue weighted by atomic mass is 16.5. The van der Waals surface area contributed by atoms with E-state index in [1.807, 2.05) is 54.6 Å². The number of carboxylic acids is 1. The SMILES string of the molecule is O=C(COc1ccccc1-c1ccccc1)N[C@H]1CCC[C@H]1C(=O)O. The zero-order valence-corrected chi connectivity index (χ0v) is 13.9. The number of aliphatic carboxylic acids is 1. The summed E-state index contributed by atoms with van der Waals surface area (Å²) in [4.78, 5) is 23.4. The lowest BCUT2D eigenvalue weighted by molar-refractivity contribution is -0.142. The summed E-state index contributed by atoms with van der Waals surface area (Å²) in [5.74, 6) is -1.01. The van der Waals surface area contributed by atoms with Crippen molar-refractivity contribution < 1.29 is 19.4 Å². The van der Waals surface area contributed by atoms with Crippen LogP contribution in [0.4, 0.5) is 0 Å². The van der Waals surface area contributed by atoms with Crippen LogP contribution in [0.3, 0.4) is 0 Å². The fourth-order valence-electron chi connectivity index (χ4n) is 3.27. The molecule has 0 unspecified atom stereocenters. The number of hydrogen-bond donors (Lipinski definition) is 2. The molecule has 0 aromatic heterocycles. The minimum Gasteiger partial charge on any atom is -0.483 e. The molecule has 2 N–H and O–H groups in total. The molecule has 1 saturated carbocycles. The molecular weight excluding hydrogens is 318 g/mol. The first-order valence-electron chi connectivity index (χ1n) is 8.44. The molecule has 1 aliphatic carbocycles. The van der Waals surface area contributed by atoms with Crippen LogP contribution in [0.2, 0.25) is 0 Å². The van der Waals surface area contributed by atoms with Gasteiger partial charge < -0.3 is 15.2 Å². The first-order valence-corrected chi connectivity index (χ1v) is 8.44. The number of hydrogen-bond acceptors (Lipinski definition) is 3. The maximum Gasteiger partial charge on any atom is 0.308 e. The van der Waals surface area contributed by atoms with Gasteiger partial charge >= 0.3 is 5.97 Å².